The van der Waals surface area contributed by atoms with Gasteiger partial charge in [0.05, 0.1) is 11.4 Å². The maximum absolute atomic E-state index is 13.0. The standard InChI is InChI=1S/C28H36N2O4/c31-25(33-27-11-17-5-18(12-27)7-19(6-17)13-27)29-23-3-1-2-4-24(23)30-26(32)34-28-14-20-8-21(15-28)10-22(9-20)16-28/h1-4,17-22H,5-16H2,(H,29,31)(H,30,32). The smallest absolute Gasteiger partial charge is 0.412 e. The molecule has 182 valence electrons. The molecule has 8 bridgehead atoms. The molecule has 0 atom stereocenters. The molecule has 6 nitrogen and oxygen atoms in total. The second-order valence-electron chi connectivity index (χ2n) is 12.8. The van der Waals surface area contributed by atoms with E-state index in [4.69, 9.17) is 9.47 Å². The quantitative estimate of drug-likeness (QED) is 0.518. The molecule has 0 spiro atoms. The highest BCUT2D eigenvalue weighted by molar-refractivity contribution is 5.95. The molecule has 34 heavy (non-hydrogen) atoms. The molecule has 8 fully saturated rings. The molecule has 0 heterocycles. The van der Waals surface area contributed by atoms with Crippen molar-refractivity contribution in [1.82, 2.24) is 0 Å². The van der Waals surface area contributed by atoms with Gasteiger partial charge in [-0.25, -0.2) is 9.59 Å². The second-order valence-corrected chi connectivity index (χ2v) is 12.8. The summed E-state index contributed by atoms with van der Waals surface area (Å²) >= 11 is 0. The molecule has 1 aromatic rings. The van der Waals surface area contributed by atoms with Crippen LogP contribution in [-0.4, -0.2) is 23.4 Å². The van der Waals surface area contributed by atoms with Gasteiger partial charge in [-0.3, -0.25) is 10.6 Å². The van der Waals surface area contributed by atoms with E-state index in [0.29, 0.717) is 46.9 Å². The van der Waals surface area contributed by atoms with E-state index in [2.05, 4.69) is 10.6 Å². The SMILES string of the molecule is O=C(Nc1ccccc1NC(=O)OC12CC3CC(CC(C3)C1)C2)OC12CC3CC(CC(C3)C1)C2. The highest BCUT2D eigenvalue weighted by Gasteiger charge is 2.54. The fourth-order valence-corrected chi connectivity index (χ4v) is 9.68. The number of para-hydroxylation sites is 2. The highest BCUT2D eigenvalue weighted by atomic mass is 16.6. The largest absolute Gasteiger partial charge is 0.443 e. The summed E-state index contributed by atoms with van der Waals surface area (Å²) in [7, 11) is 0. The van der Waals surface area contributed by atoms with Gasteiger partial charge in [0.1, 0.15) is 11.2 Å². The summed E-state index contributed by atoms with van der Waals surface area (Å²) in [6.45, 7) is 0. The van der Waals surface area contributed by atoms with Crippen molar-refractivity contribution in [2.24, 2.45) is 35.5 Å². The van der Waals surface area contributed by atoms with Crippen LogP contribution in [0.5, 0.6) is 0 Å². The lowest BCUT2D eigenvalue weighted by molar-refractivity contribution is -0.124. The number of hydrogen-bond acceptors (Lipinski definition) is 4. The topological polar surface area (TPSA) is 76.7 Å². The molecule has 1 aromatic carbocycles. The monoisotopic (exact) mass is 464 g/mol. The molecule has 2 amide bonds. The Balaban J connectivity index is 1.01. The second kappa shape index (κ2) is 7.63. The summed E-state index contributed by atoms with van der Waals surface area (Å²) in [4.78, 5) is 25.9. The first-order valence-electron chi connectivity index (χ1n) is 13.5. The number of rotatable bonds is 4. The van der Waals surface area contributed by atoms with Crippen molar-refractivity contribution < 1.29 is 19.1 Å². The molecule has 6 heteroatoms. The zero-order valence-electron chi connectivity index (χ0n) is 19.9. The molecule has 0 saturated heterocycles. The highest BCUT2D eigenvalue weighted by Crippen LogP contribution is 2.58. The maximum atomic E-state index is 13.0. The van der Waals surface area contributed by atoms with Gasteiger partial charge in [0.2, 0.25) is 0 Å². The Morgan fingerprint density at radius 3 is 1.18 bits per heavy atom. The third-order valence-electron chi connectivity index (χ3n) is 9.98. The summed E-state index contributed by atoms with van der Waals surface area (Å²) in [6.07, 6.45) is 13.0. The molecule has 2 N–H and O–H groups in total. The van der Waals surface area contributed by atoms with Crippen LogP contribution < -0.4 is 10.6 Å². The number of carbonyl (C=O) groups is 2. The molecular formula is C28H36N2O4. The van der Waals surface area contributed by atoms with E-state index in [1.165, 1.54) is 38.5 Å². The van der Waals surface area contributed by atoms with Crippen LogP contribution in [0.15, 0.2) is 24.3 Å². The first-order valence-corrected chi connectivity index (χ1v) is 13.5. The van der Waals surface area contributed by atoms with Crippen molar-refractivity contribution in [2.75, 3.05) is 10.6 Å². The van der Waals surface area contributed by atoms with Crippen LogP contribution in [0.2, 0.25) is 0 Å². The Kier molecular flexibility index (Phi) is 4.73. The zero-order valence-corrected chi connectivity index (χ0v) is 19.9. The fourth-order valence-electron chi connectivity index (χ4n) is 9.68. The predicted molar refractivity (Wildman–Crippen MR) is 128 cm³/mol. The average Bonchev–Trinajstić information content (AvgIpc) is 2.72. The van der Waals surface area contributed by atoms with E-state index in [0.717, 1.165) is 38.5 Å². The van der Waals surface area contributed by atoms with Crippen molar-refractivity contribution in [2.45, 2.75) is 88.3 Å². The number of benzene rings is 1. The van der Waals surface area contributed by atoms with E-state index in [9.17, 15) is 9.59 Å². The number of ether oxygens (including phenoxy) is 2. The van der Waals surface area contributed by atoms with Crippen molar-refractivity contribution in [3.63, 3.8) is 0 Å². The van der Waals surface area contributed by atoms with Gasteiger partial charge in [-0.15, -0.1) is 0 Å². The maximum Gasteiger partial charge on any atom is 0.412 e. The minimum Gasteiger partial charge on any atom is -0.443 e. The Hall–Kier alpha value is -2.24. The van der Waals surface area contributed by atoms with Crippen LogP contribution >= 0.6 is 0 Å². The van der Waals surface area contributed by atoms with Gasteiger partial charge in [0, 0.05) is 0 Å². The van der Waals surface area contributed by atoms with Crippen LogP contribution in [0.4, 0.5) is 21.0 Å². The summed E-state index contributed by atoms with van der Waals surface area (Å²) in [5, 5.41) is 5.84. The van der Waals surface area contributed by atoms with E-state index in [1.54, 1.807) is 12.1 Å². The molecule has 0 radical (unpaired) electrons. The van der Waals surface area contributed by atoms with Crippen LogP contribution in [0.25, 0.3) is 0 Å². The molecule has 8 saturated carbocycles. The van der Waals surface area contributed by atoms with Crippen molar-refractivity contribution >= 4 is 23.6 Å². The Morgan fingerprint density at radius 1 is 0.588 bits per heavy atom. The molecule has 0 aromatic heterocycles. The summed E-state index contributed by atoms with van der Waals surface area (Å²) < 4.78 is 12.2. The van der Waals surface area contributed by atoms with E-state index < -0.39 is 12.2 Å². The number of hydrogen-bond donors (Lipinski definition) is 2. The third-order valence-corrected chi connectivity index (χ3v) is 9.98. The Bertz CT molecular complexity index is 854. The van der Waals surface area contributed by atoms with Crippen LogP contribution in [-0.2, 0) is 9.47 Å². The third kappa shape index (κ3) is 3.77. The van der Waals surface area contributed by atoms with E-state index in [-0.39, 0.29) is 11.2 Å². The lowest BCUT2D eigenvalue weighted by atomic mass is 9.54. The predicted octanol–water partition coefficient (Wildman–Crippen LogP) is 6.72. The molecular weight excluding hydrogens is 428 g/mol. The molecule has 8 aliphatic carbocycles. The molecule has 0 unspecified atom stereocenters. The lowest BCUT2D eigenvalue weighted by Gasteiger charge is -2.55. The van der Waals surface area contributed by atoms with Crippen molar-refractivity contribution in [3.05, 3.63) is 24.3 Å². The van der Waals surface area contributed by atoms with Gasteiger partial charge in [0.15, 0.2) is 0 Å². The lowest BCUT2D eigenvalue weighted by Crippen LogP contribution is -2.53. The van der Waals surface area contributed by atoms with E-state index in [1.807, 2.05) is 12.1 Å². The number of anilines is 2. The van der Waals surface area contributed by atoms with Gasteiger partial charge in [0.25, 0.3) is 0 Å². The number of amides is 2. The van der Waals surface area contributed by atoms with Crippen LogP contribution in [0, 0.1) is 35.5 Å². The Morgan fingerprint density at radius 2 is 0.882 bits per heavy atom. The first-order chi connectivity index (χ1) is 16.4. The van der Waals surface area contributed by atoms with Crippen LogP contribution in [0.3, 0.4) is 0 Å². The van der Waals surface area contributed by atoms with Gasteiger partial charge in [-0.1, -0.05) is 12.1 Å². The molecule has 8 aliphatic rings. The van der Waals surface area contributed by atoms with Gasteiger partial charge in [-0.05, 0) is 125 Å². The minimum atomic E-state index is -0.411. The first kappa shape index (κ1) is 21.1. The molecule has 0 aliphatic heterocycles. The summed E-state index contributed by atoms with van der Waals surface area (Å²) in [5.74, 6) is 4.29. The van der Waals surface area contributed by atoms with Crippen molar-refractivity contribution in [1.29, 1.82) is 0 Å². The van der Waals surface area contributed by atoms with Crippen LogP contribution in [0.1, 0.15) is 77.0 Å². The number of carbonyl (C=O) groups excluding carboxylic acids is 2. The molecule has 9 rings (SSSR count). The van der Waals surface area contributed by atoms with Gasteiger partial charge >= 0.3 is 12.2 Å². The fraction of sp³-hybridized carbons (Fsp3) is 0.714. The summed E-state index contributed by atoms with van der Waals surface area (Å²) in [5.41, 5.74) is 0.525. The van der Waals surface area contributed by atoms with Crippen molar-refractivity contribution in [3.8, 4) is 0 Å². The summed E-state index contributed by atoms with van der Waals surface area (Å²) in [6, 6.07) is 7.33. The normalized spacial score (nSPS) is 42.9. The van der Waals surface area contributed by atoms with Gasteiger partial charge < -0.3 is 9.47 Å². The van der Waals surface area contributed by atoms with Gasteiger partial charge in [-0.2, -0.15) is 0 Å². The average molecular weight is 465 g/mol. The van der Waals surface area contributed by atoms with E-state index >= 15 is 0 Å². The zero-order chi connectivity index (χ0) is 22.9. The Labute approximate surface area is 201 Å². The number of nitrogens with one attached hydrogen (secondary N) is 2. The minimum absolute atomic E-state index is 0.293.